The summed E-state index contributed by atoms with van der Waals surface area (Å²) in [6.07, 6.45) is 0. The van der Waals surface area contributed by atoms with Gasteiger partial charge in [-0.05, 0) is 35.2 Å². The summed E-state index contributed by atoms with van der Waals surface area (Å²) < 4.78 is 0. The molecule has 1 saturated heterocycles. The quantitative estimate of drug-likeness (QED) is 0.421. The maximum Gasteiger partial charge on any atom is 0.269 e. The normalized spacial score (nSPS) is 20.3. The first-order chi connectivity index (χ1) is 16.5. The Morgan fingerprint density at radius 1 is 1.00 bits per heavy atom. The van der Waals surface area contributed by atoms with Gasteiger partial charge in [0.15, 0.2) is 0 Å². The molecule has 5 rings (SSSR count). The Hall–Kier alpha value is -3.72. The molecule has 2 aliphatic rings. The molecule has 1 fully saturated rings. The molecule has 2 amide bonds. The van der Waals surface area contributed by atoms with E-state index in [0.29, 0.717) is 31.7 Å². The summed E-state index contributed by atoms with van der Waals surface area (Å²) in [4.78, 5) is 44.2. The number of nitro groups is 1. The molecule has 0 saturated carbocycles. The largest absolute Gasteiger partial charge is 0.368 e. The molecule has 1 aromatic heterocycles. The maximum atomic E-state index is 13.9. The molecular weight excluding hydrogens is 452 g/mol. The third-order valence-corrected chi connectivity index (χ3v) is 7.64. The second-order valence-electron chi connectivity index (χ2n) is 8.53. The number of piperazine rings is 1. The summed E-state index contributed by atoms with van der Waals surface area (Å²) in [5, 5.41) is 12.9. The molecule has 9 heteroatoms. The molecule has 8 nitrogen and oxygen atoms in total. The van der Waals surface area contributed by atoms with Crippen LogP contribution < -0.4 is 4.90 Å². The second kappa shape index (κ2) is 8.90. The zero-order valence-corrected chi connectivity index (χ0v) is 19.5. The second-order valence-corrected chi connectivity index (χ2v) is 9.51. The van der Waals surface area contributed by atoms with E-state index in [0.717, 1.165) is 16.1 Å². The van der Waals surface area contributed by atoms with E-state index in [1.54, 1.807) is 41.5 Å². The highest BCUT2D eigenvalue weighted by atomic mass is 32.1. The van der Waals surface area contributed by atoms with E-state index in [1.807, 2.05) is 40.6 Å². The molecule has 0 aliphatic carbocycles. The van der Waals surface area contributed by atoms with Gasteiger partial charge in [-0.25, -0.2) is 0 Å². The molecule has 2 aliphatic heterocycles. The van der Waals surface area contributed by atoms with Gasteiger partial charge in [0.05, 0.1) is 16.9 Å². The Balaban J connectivity index is 1.39. The third kappa shape index (κ3) is 3.81. The van der Waals surface area contributed by atoms with E-state index < -0.39 is 10.8 Å². The highest BCUT2D eigenvalue weighted by Crippen LogP contribution is 2.44. The number of anilines is 1. The Labute approximate surface area is 201 Å². The van der Waals surface area contributed by atoms with Crippen LogP contribution >= 0.6 is 11.3 Å². The lowest BCUT2D eigenvalue weighted by atomic mass is 9.81. The number of benzene rings is 2. The van der Waals surface area contributed by atoms with Crippen molar-refractivity contribution in [1.29, 1.82) is 0 Å². The molecular formula is C25H24N4O4S. The van der Waals surface area contributed by atoms with Crippen molar-refractivity contribution in [3.8, 4) is 0 Å². The van der Waals surface area contributed by atoms with Crippen molar-refractivity contribution in [3.05, 3.63) is 92.2 Å². The molecule has 3 heterocycles. The molecule has 174 valence electrons. The third-order valence-electron chi connectivity index (χ3n) is 6.70. The minimum Gasteiger partial charge on any atom is -0.368 e. The lowest BCUT2D eigenvalue weighted by Crippen LogP contribution is -2.53. The number of hydrogen-bond acceptors (Lipinski definition) is 6. The van der Waals surface area contributed by atoms with Gasteiger partial charge in [-0.1, -0.05) is 24.3 Å². The number of fused-ring (bicyclic) bond motifs is 1. The highest BCUT2D eigenvalue weighted by molar-refractivity contribution is 7.10. The summed E-state index contributed by atoms with van der Waals surface area (Å²) in [5.41, 5.74) is 2.33. The number of carbonyl (C=O) groups is 2. The van der Waals surface area contributed by atoms with Crippen molar-refractivity contribution in [3.63, 3.8) is 0 Å². The molecule has 0 radical (unpaired) electrons. The van der Waals surface area contributed by atoms with Gasteiger partial charge in [-0.3, -0.25) is 19.7 Å². The maximum absolute atomic E-state index is 13.9. The van der Waals surface area contributed by atoms with E-state index in [-0.39, 0.29) is 23.5 Å². The van der Waals surface area contributed by atoms with Gasteiger partial charge in [0.1, 0.15) is 0 Å². The zero-order valence-electron chi connectivity index (χ0n) is 18.7. The Kier molecular flexibility index (Phi) is 5.79. The molecule has 3 aromatic rings. The fraction of sp³-hybridized carbons (Fsp3) is 0.280. The summed E-state index contributed by atoms with van der Waals surface area (Å²) in [6.45, 7) is 2.36. The van der Waals surface area contributed by atoms with Gasteiger partial charge in [-0.2, -0.15) is 0 Å². The number of likely N-dealkylation sites (N-methyl/N-ethyl adjacent to an activating group) is 1. The van der Waals surface area contributed by atoms with E-state index in [4.69, 9.17) is 0 Å². The Morgan fingerprint density at radius 2 is 1.71 bits per heavy atom. The summed E-state index contributed by atoms with van der Waals surface area (Å²) >= 11 is 1.56. The minimum atomic E-state index is -0.469. The van der Waals surface area contributed by atoms with Gasteiger partial charge in [-0.15, -0.1) is 11.3 Å². The lowest BCUT2D eigenvalue weighted by molar-refractivity contribution is -0.384. The number of non-ortho nitro benzene ring substituents is 1. The van der Waals surface area contributed by atoms with Crippen LogP contribution in [-0.2, 0) is 4.79 Å². The van der Waals surface area contributed by atoms with Crippen LogP contribution in [0, 0.1) is 10.1 Å². The number of nitro benzene ring substituents is 1. The first-order valence-corrected chi connectivity index (χ1v) is 12.0. The predicted molar refractivity (Wildman–Crippen MR) is 130 cm³/mol. The average molecular weight is 477 g/mol. The van der Waals surface area contributed by atoms with Crippen molar-refractivity contribution in [2.45, 2.75) is 12.0 Å². The van der Waals surface area contributed by atoms with Crippen molar-refractivity contribution in [2.75, 3.05) is 38.1 Å². The SMILES string of the molecule is CN1C(=O)c2ccccc2C(C(=O)N2CCN(c3ccc([N+](=O)[O-])cc3)CC2)C1c1cccs1. The van der Waals surface area contributed by atoms with Gasteiger partial charge >= 0.3 is 0 Å². The average Bonchev–Trinajstić information content (AvgIpc) is 3.40. The Bertz CT molecular complexity index is 1220. The van der Waals surface area contributed by atoms with Crippen LogP contribution in [0.3, 0.4) is 0 Å². The fourth-order valence-corrected chi connectivity index (χ4v) is 5.83. The summed E-state index contributed by atoms with van der Waals surface area (Å²) in [6, 6.07) is 17.5. The van der Waals surface area contributed by atoms with Crippen LogP contribution in [0.15, 0.2) is 66.0 Å². The lowest BCUT2D eigenvalue weighted by Gasteiger charge is -2.43. The van der Waals surface area contributed by atoms with E-state index in [9.17, 15) is 19.7 Å². The molecule has 0 spiro atoms. The van der Waals surface area contributed by atoms with Crippen LogP contribution in [0.4, 0.5) is 11.4 Å². The van der Waals surface area contributed by atoms with Gasteiger partial charge in [0, 0.05) is 61.5 Å². The van der Waals surface area contributed by atoms with Gasteiger partial charge in [0.25, 0.3) is 11.6 Å². The topological polar surface area (TPSA) is 87.0 Å². The van der Waals surface area contributed by atoms with Crippen molar-refractivity contribution in [2.24, 2.45) is 0 Å². The minimum absolute atomic E-state index is 0.0218. The number of nitrogens with zero attached hydrogens (tertiary/aromatic N) is 4. The Morgan fingerprint density at radius 3 is 2.35 bits per heavy atom. The number of rotatable bonds is 4. The molecule has 0 bridgehead atoms. The van der Waals surface area contributed by atoms with Crippen molar-refractivity contribution < 1.29 is 14.5 Å². The van der Waals surface area contributed by atoms with E-state index in [1.165, 1.54) is 12.1 Å². The predicted octanol–water partition coefficient (Wildman–Crippen LogP) is 3.92. The highest BCUT2D eigenvalue weighted by Gasteiger charge is 2.44. The first kappa shape index (κ1) is 22.1. The van der Waals surface area contributed by atoms with Crippen LogP contribution in [0.1, 0.15) is 32.8 Å². The number of thiophene rings is 1. The number of carbonyl (C=O) groups excluding carboxylic acids is 2. The number of hydrogen-bond donors (Lipinski definition) is 0. The summed E-state index contributed by atoms with van der Waals surface area (Å²) in [5.74, 6) is -0.516. The van der Waals surface area contributed by atoms with Crippen molar-refractivity contribution >= 4 is 34.5 Å². The fourth-order valence-electron chi connectivity index (χ4n) is 4.92. The molecule has 2 atom stereocenters. The van der Waals surface area contributed by atoms with Crippen LogP contribution in [0.25, 0.3) is 0 Å². The van der Waals surface area contributed by atoms with Gasteiger partial charge in [0.2, 0.25) is 5.91 Å². The summed E-state index contributed by atoms with van der Waals surface area (Å²) in [7, 11) is 1.77. The van der Waals surface area contributed by atoms with Crippen LogP contribution in [0.2, 0.25) is 0 Å². The number of amides is 2. The van der Waals surface area contributed by atoms with Crippen LogP contribution in [0.5, 0.6) is 0 Å². The standard InChI is InChI=1S/C25H24N4O4S/c1-26-23(21-7-4-16-34-21)22(19-5-2-3-6-20(19)24(26)30)25(31)28-14-12-27(13-15-28)17-8-10-18(11-9-17)29(32)33/h2-11,16,22-23H,12-15H2,1H3. The van der Waals surface area contributed by atoms with E-state index in [2.05, 4.69) is 4.90 Å². The van der Waals surface area contributed by atoms with Crippen LogP contribution in [-0.4, -0.2) is 59.8 Å². The van der Waals surface area contributed by atoms with Crippen molar-refractivity contribution in [1.82, 2.24) is 9.80 Å². The molecule has 2 aromatic carbocycles. The smallest absolute Gasteiger partial charge is 0.269 e. The first-order valence-electron chi connectivity index (χ1n) is 11.1. The molecule has 2 unspecified atom stereocenters. The molecule has 34 heavy (non-hydrogen) atoms. The van der Waals surface area contributed by atoms with E-state index >= 15 is 0 Å². The molecule has 0 N–H and O–H groups in total. The monoisotopic (exact) mass is 476 g/mol. The van der Waals surface area contributed by atoms with Gasteiger partial charge < -0.3 is 14.7 Å². The zero-order chi connectivity index (χ0) is 23.8.